The molecule has 3 rings (SSSR count). The molecular weight excluding hydrogens is 336 g/mol. The van der Waals surface area contributed by atoms with E-state index >= 15 is 0 Å². The molecule has 0 unspecified atom stereocenters. The summed E-state index contributed by atoms with van der Waals surface area (Å²) in [4.78, 5) is 26.9. The van der Waals surface area contributed by atoms with Crippen LogP contribution in [0, 0.1) is 5.92 Å². The second-order valence-corrected chi connectivity index (χ2v) is 7.45. The van der Waals surface area contributed by atoms with Gasteiger partial charge in [-0.25, -0.2) is 0 Å². The third kappa shape index (κ3) is 4.76. The summed E-state index contributed by atoms with van der Waals surface area (Å²) in [6.07, 6.45) is 6.28. The predicted molar refractivity (Wildman–Crippen MR) is 109 cm³/mol. The molecule has 2 aromatic carbocycles. The van der Waals surface area contributed by atoms with Gasteiger partial charge in [0, 0.05) is 29.9 Å². The smallest absolute Gasteiger partial charge is 0.255 e. The Balaban J connectivity index is 1.62. The van der Waals surface area contributed by atoms with Crippen molar-refractivity contribution >= 4 is 17.5 Å². The van der Waals surface area contributed by atoms with Gasteiger partial charge in [-0.1, -0.05) is 37.5 Å². The average Bonchev–Trinajstić information content (AvgIpc) is 2.74. The van der Waals surface area contributed by atoms with Crippen molar-refractivity contribution < 1.29 is 9.59 Å². The van der Waals surface area contributed by atoms with Crippen molar-refractivity contribution in [2.75, 3.05) is 12.4 Å². The van der Waals surface area contributed by atoms with Crippen LogP contribution in [0.2, 0.25) is 0 Å². The van der Waals surface area contributed by atoms with Crippen LogP contribution in [-0.2, 0) is 0 Å². The van der Waals surface area contributed by atoms with Gasteiger partial charge in [-0.15, -0.1) is 0 Å². The van der Waals surface area contributed by atoms with Crippen molar-refractivity contribution in [3.8, 4) is 0 Å². The highest BCUT2D eigenvalue weighted by atomic mass is 16.2. The van der Waals surface area contributed by atoms with Crippen molar-refractivity contribution in [3.05, 3.63) is 65.7 Å². The monoisotopic (exact) mass is 364 g/mol. The van der Waals surface area contributed by atoms with Crippen molar-refractivity contribution in [3.63, 3.8) is 0 Å². The molecule has 1 atom stereocenters. The van der Waals surface area contributed by atoms with Crippen LogP contribution in [0.1, 0.15) is 59.7 Å². The number of benzene rings is 2. The molecule has 1 fully saturated rings. The highest BCUT2D eigenvalue weighted by Crippen LogP contribution is 2.29. The first-order valence-corrected chi connectivity index (χ1v) is 9.80. The Morgan fingerprint density at radius 3 is 2.19 bits per heavy atom. The molecule has 4 heteroatoms. The number of hydrogen-bond donors (Lipinski definition) is 1. The van der Waals surface area contributed by atoms with Gasteiger partial charge < -0.3 is 10.2 Å². The summed E-state index contributed by atoms with van der Waals surface area (Å²) >= 11 is 0. The van der Waals surface area contributed by atoms with Crippen LogP contribution in [0.5, 0.6) is 0 Å². The zero-order valence-corrected chi connectivity index (χ0v) is 16.2. The van der Waals surface area contributed by atoms with Gasteiger partial charge in [0.2, 0.25) is 0 Å². The lowest BCUT2D eigenvalue weighted by molar-refractivity contribution is 0.0665. The number of rotatable bonds is 5. The minimum atomic E-state index is -0.155. The largest absolute Gasteiger partial charge is 0.339 e. The van der Waals surface area contributed by atoms with Crippen LogP contribution in [0.3, 0.4) is 0 Å². The number of amides is 2. The van der Waals surface area contributed by atoms with E-state index in [1.807, 2.05) is 30.1 Å². The Morgan fingerprint density at radius 2 is 1.56 bits per heavy atom. The maximum Gasteiger partial charge on any atom is 0.255 e. The van der Waals surface area contributed by atoms with Crippen LogP contribution in [0.15, 0.2) is 54.6 Å². The zero-order valence-electron chi connectivity index (χ0n) is 16.2. The first kappa shape index (κ1) is 19.2. The third-order valence-corrected chi connectivity index (χ3v) is 5.69. The van der Waals surface area contributed by atoms with Gasteiger partial charge in [0.15, 0.2) is 0 Å². The lowest BCUT2D eigenvalue weighted by Crippen LogP contribution is -2.40. The molecule has 0 aromatic heterocycles. The first-order chi connectivity index (χ1) is 13.1. The first-order valence-electron chi connectivity index (χ1n) is 9.80. The SMILES string of the molecule is C[C@@H](C1CCCCC1)N(C)C(=O)c1ccc(NC(=O)c2ccccc2)cc1. The molecule has 0 radical (unpaired) electrons. The fourth-order valence-corrected chi connectivity index (χ4v) is 3.81. The normalized spacial score (nSPS) is 15.8. The molecule has 4 nitrogen and oxygen atoms in total. The van der Waals surface area contributed by atoms with Crippen molar-refractivity contribution in [2.45, 2.75) is 45.1 Å². The standard InChI is InChI=1S/C23H28N2O2/c1-17(18-9-5-3-6-10-18)25(2)23(27)20-13-15-21(16-14-20)24-22(26)19-11-7-4-8-12-19/h4,7-8,11-18H,3,5-6,9-10H2,1-2H3,(H,24,26)/t17-/m0/s1. The summed E-state index contributed by atoms with van der Waals surface area (Å²) < 4.78 is 0. The summed E-state index contributed by atoms with van der Waals surface area (Å²) in [5.41, 5.74) is 1.94. The van der Waals surface area contributed by atoms with Gasteiger partial charge in [-0.2, -0.15) is 0 Å². The van der Waals surface area contributed by atoms with E-state index in [1.165, 1.54) is 32.1 Å². The molecular formula is C23H28N2O2. The van der Waals surface area contributed by atoms with E-state index < -0.39 is 0 Å². The highest BCUT2D eigenvalue weighted by Gasteiger charge is 2.26. The van der Waals surface area contributed by atoms with E-state index in [2.05, 4.69) is 12.2 Å². The molecule has 142 valence electrons. The van der Waals surface area contributed by atoms with Gasteiger partial charge in [-0.3, -0.25) is 9.59 Å². The Kier molecular flexibility index (Phi) is 6.28. The number of nitrogens with zero attached hydrogens (tertiary/aromatic N) is 1. The van der Waals surface area contributed by atoms with E-state index in [4.69, 9.17) is 0 Å². The van der Waals surface area contributed by atoms with Crippen LogP contribution in [0.4, 0.5) is 5.69 Å². The van der Waals surface area contributed by atoms with Gasteiger partial charge in [0.25, 0.3) is 11.8 Å². The van der Waals surface area contributed by atoms with E-state index in [0.29, 0.717) is 22.7 Å². The topological polar surface area (TPSA) is 49.4 Å². The Morgan fingerprint density at radius 1 is 0.926 bits per heavy atom. The number of nitrogens with one attached hydrogen (secondary N) is 1. The number of carbonyl (C=O) groups excluding carboxylic acids is 2. The third-order valence-electron chi connectivity index (χ3n) is 5.69. The molecule has 27 heavy (non-hydrogen) atoms. The Hall–Kier alpha value is -2.62. The van der Waals surface area contributed by atoms with Crippen molar-refractivity contribution in [1.29, 1.82) is 0 Å². The second-order valence-electron chi connectivity index (χ2n) is 7.45. The van der Waals surface area contributed by atoms with E-state index in [1.54, 1.807) is 36.4 Å². The zero-order chi connectivity index (χ0) is 19.2. The van der Waals surface area contributed by atoms with Crippen LogP contribution >= 0.6 is 0 Å². The minimum Gasteiger partial charge on any atom is -0.339 e. The molecule has 0 aliphatic heterocycles. The molecule has 1 saturated carbocycles. The molecule has 0 spiro atoms. The quantitative estimate of drug-likeness (QED) is 0.813. The molecule has 2 aromatic rings. The average molecular weight is 364 g/mol. The molecule has 1 aliphatic carbocycles. The number of hydrogen-bond acceptors (Lipinski definition) is 2. The van der Waals surface area contributed by atoms with Gasteiger partial charge in [-0.05, 0) is 62.1 Å². The lowest BCUT2D eigenvalue weighted by Gasteiger charge is -2.34. The fraction of sp³-hybridized carbons (Fsp3) is 0.391. The van der Waals surface area contributed by atoms with Gasteiger partial charge in [0.1, 0.15) is 0 Å². The van der Waals surface area contributed by atoms with Crippen molar-refractivity contribution in [2.24, 2.45) is 5.92 Å². The minimum absolute atomic E-state index is 0.0361. The second kappa shape index (κ2) is 8.85. The Labute approximate surface area is 161 Å². The van der Waals surface area contributed by atoms with Crippen LogP contribution in [-0.4, -0.2) is 29.8 Å². The number of carbonyl (C=O) groups is 2. The van der Waals surface area contributed by atoms with E-state index in [-0.39, 0.29) is 17.9 Å². The highest BCUT2D eigenvalue weighted by molar-refractivity contribution is 6.04. The predicted octanol–water partition coefficient (Wildman–Crippen LogP) is 4.98. The summed E-state index contributed by atoms with van der Waals surface area (Å²) in [7, 11) is 1.90. The van der Waals surface area contributed by atoms with Crippen LogP contribution in [0.25, 0.3) is 0 Å². The molecule has 1 aliphatic rings. The summed E-state index contributed by atoms with van der Waals surface area (Å²) in [5, 5.41) is 2.86. The van der Waals surface area contributed by atoms with E-state index in [9.17, 15) is 9.59 Å². The molecule has 2 amide bonds. The van der Waals surface area contributed by atoms with Crippen LogP contribution < -0.4 is 5.32 Å². The lowest BCUT2D eigenvalue weighted by atomic mass is 9.84. The van der Waals surface area contributed by atoms with Gasteiger partial charge >= 0.3 is 0 Å². The maximum atomic E-state index is 12.8. The van der Waals surface area contributed by atoms with E-state index in [0.717, 1.165) is 0 Å². The molecule has 0 bridgehead atoms. The summed E-state index contributed by atoms with van der Waals surface area (Å²) in [6.45, 7) is 2.16. The summed E-state index contributed by atoms with van der Waals surface area (Å²) in [5.74, 6) is 0.476. The maximum absolute atomic E-state index is 12.8. The number of anilines is 1. The molecule has 0 saturated heterocycles. The van der Waals surface area contributed by atoms with Crippen molar-refractivity contribution in [1.82, 2.24) is 4.90 Å². The molecule has 0 heterocycles. The van der Waals surface area contributed by atoms with Gasteiger partial charge in [0.05, 0.1) is 0 Å². The summed E-state index contributed by atoms with van der Waals surface area (Å²) in [6, 6.07) is 16.5. The Bertz CT molecular complexity index is 765. The molecule has 1 N–H and O–H groups in total. The fourth-order valence-electron chi connectivity index (χ4n) is 3.81.